The molecule has 0 radical (unpaired) electrons. The highest BCUT2D eigenvalue weighted by atomic mass is 79.9. The number of benzene rings is 2. The van der Waals surface area contributed by atoms with Crippen molar-refractivity contribution in [3.05, 3.63) is 75.1 Å². The maximum Gasteiger partial charge on any atom is 0.374 e. The van der Waals surface area contributed by atoms with Crippen molar-refractivity contribution < 1.29 is 18.7 Å². The first-order valence-corrected chi connectivity index (χ1v) is 8.01. The summed E-state index contributed by atoms with van der Waals surface area (Å²) in [5.41, 5.74) is 0.0662. The lowest BCUT2D eigenvalue weighted by molar-refractivity contribution is 0.0415. The van der Waals surface area contributed by atoms with Gasteiger partial charge in [0.15, 0.2) is 5.43 Å². The van der Waals surface area contributed by atoms with Crippen molar-refractivity contribution in [3.63, 3.8) is 0 Å². The fraction of sp³-hybridized carbons (Fsp3) is 0.111. The van der Waals surface area contributed by atoms with Crippen molar-refractivity contribution in [2.45, 2.75) is 0 Å². The van der Waals surface area contributed by atoms with Crippen molar-refractivity contribution >= 4 is 32.9 Å². The molecule has 24 heavy (non-hydrogen) atoms. The molecule has 3 rings (SSSR count). The predicted octanol–water partition coefficient (Wildman–Crippen LogP) is 3.79. The van der Waals surface area contributed by atoms with E-state index in [-0.39, 0.29) is 24.4 Å². The maximum atomic E-state index is 12.0. The van der Waals surface area contributed by atoms with Crippen LogP contribution >= 0.6 is 15.9 Å². The molecule has 0 aliphatic rings. The molecule has 0 fully saturated rings. The van der Waals surface area contributed by atoms with E-state index in [9.17, 15) is 9.59 Å². The minimum Gasteiger partial charge on any atom is -0.490 e. The molecule has 122 valence electrons. The topological polar surface area (TPSA) is 65.7 Å². The number of carbonyl (C=O) groups is 1. The SMILES string of the molecule is O=C(OCCOc1cccc(Br)c1)c1cc(=O)c2ccccc2o1. The lowest BCUT2D eigenvalue weighted by Gasteiger charge is -2.07. The van der Waals surface area contributed by atoms with Crippen LogP contribution in [-0.2, 0) is 4.74 Å². The third-order valence-corrected chi connectivity index (χ3v) is 3.71. The summed E-state index contributed by atoms with van der Waals surface area (Å²) in [6.45, 7) is 0.238. The van der Waals surface area contributed by atoms with E-state index in [2.05, 4.69) is 15.9 Å². The third kappa shape index (κ3) is 3.83. The molecule has 1 aromatic heterocycles. The molecular weight excluding hydrogens is 376 g/mol. The number of rotatable bonds is 5. The number of fused-ring (bicyclic) bond motifs is 1. The molecule has 3 aromatic rings. The number of esters is 1. The zero-order valence-electron chi connectivity index (χ0n) is 12.5. The number of hydrogen-bond donors (Lipinski definition) is 0. The van der Waals surface area contributed by atoms with Gasteiger partial charge in [-0.15, -0.1) is 0 Å². The maximum absolute atomic E-state index is 12.0. The van der Waals surface area contributed by atoms with Crippen molar-refractivity contribution in [2.24, 2.45) is 0 Å². The molecule has 0 unspecified atom stereocenters. The molecule has 0 amide bonds. The van der Waals surface area contributed by atoms with E-state index < -0.39 is 5.97 Å². The fourth-order valence-electron chi connectivity index (χ4n) is 2.13. The van der Waals surface area contributed by atoms with Crippen LogP contribution in [0.15, 0.2) is 68.3 Å². The summed E-state index contributed by atoms with van der Waals surface area (Å²) in [5, 5.41) is 0.423. The van der Waals surface area contributed by atoms with Crippen molar-refractivity contribution in [1.29, 1.82) is 0 Å². The van der Waals surface area contributed by atoms with Gasteiger partial charge in [0, 0.05) is 10.5 Å². The second-order valence-electron chi connectivity index (χ2n) is 4.91. The van der Waals surface area contributed by atoms with E-state index in [4.69, 9.17) is 13.9 Å². The van der Waals surface area contributed by atoms with Crippen LogP contribution in [0.25, 0.3) is 11.0 Å². The van der Waals surface area contributed by atoms with Crippen LogP contribution in [0.1, 0.15) is 10.6 Å². The molecule has 0 saturated carbocycles. The van der Waals surface area contributed by atoms with Gasteiger partial charge in [-0.25, -0.2) is 4.79 Å². The predicted molar refractivity (Wildman–Crippen MR) is 92.4 cm³/mol. The summed E-state index contributed by atoms with van der Waals surface area (Å²) in [6, 6.07) is 15.2. The molecular formula is C18H13BrO5. The number of carbonyl (C=O) groups excluding carboxylic acids is 1. The Morgan fingerprint density at radius 2 is 1.88 bits per heavy atom. The van der Waals surface area contributed by atoms with Crippen LogP contribution in [0.5, 0.6) is 5.75 Å². The highest BCUT2D eigenvalue weighted by Crippen LogP contribution is 2.17. The zero-order valence-corrected chi connectivity index (χ0v) is 14.1. The van der Waals surface area contributed by atoms with Gasteiger partial charge in [0.25, 0.3) is 0 Å². The summed E-state index contributed by atoms with van der Waals surface area (Å²) in [6.07, 6.45) is 0. The average Bonchev–Trinajstić information content (AvgIpc) is 2.58. The van der Waals surface area contributed by atoms with Crippen molar-refractivity contribution in [1.82, 2.24) is 0 Å². The Morgan fingerprint density at radius 3 is 2.71 bits per heavy atom. The molecule has 0 aliphatic heterocycles. The quantitative estimate of drug-likeness (QED) is 0.491. The Labute approximate surface area is 145 Å². The minimum absolute atomic E-state index is 0.0435. The Hall–Kier alpha value is -2.60. The number of hydrogen-bond acceptors (Lipinski definition) is 5. The Bertz CT molecular complexity index is 932. The van der Waals surface area contributed by atoms with Gasteiger partial charge < -0.3 is 13.9 Å². The minimum atomic E-state index is -0.698. The van der Waals surface area contributed by atoms with Gasteiger partial charge in [-0.05, 0) is 30.3 Å². The van der Waals surface area contributed by atoms with E-state index >= 15 is 0 Å². The van der Waals surface area contributed by atoms with Crippen LogP contribution in [-0.4, -0.2) is 19.2 Å². The molecule has 0 aliphatic carbocycles. The van der Waals surface area contributed by atoms with E-state index in [0.717, 1.165) is 10.5 Å². The van der Waals surface area contributed by atoms with Crippen LogP contribution in [0.2, 0.25) is 0 Å². The first-order chi connectivity index (χ1) is 11.6. The molecule has 5 nitrogen and oxygen atoms in total. The fourth-order valence-corrected chi connectivity index (χ4v) is 2.50. The van der Waals surface area contributed by atoms with Gasteiger partial charge in [-0.2, -0.15) is 0 Å². The van der Waals surface area contributed by atoms with E-state index in [1.165, 1.54) is 0 Å². The third-order valence-electron chi connectivity index (χ3n) is 3.22. The average molecular weight is 389 g/mol. The molecule has 0 bridgehead atoms. The van der Waals surface area contributed by atoms with Gasteiger partial charge in [0.1, 0.15) is 24.5 Å². The summed E-state index contributed by atoms with van der Waals surface area (Å²) >= 11 is 3.34. The first-order valence-electron chi connectivity index (χ1n) is 7.22. The molecule has 0 saturated heterocycles. The van der Waals surface area contributed by atoms with Gasteiger partial charge in [-0.1, -0.05) is 34.1 Å². The first kappa shape index (κ1) is 16.3. The monoisotopic (exact) mass is 388 g/mol. The second kappa shape index (κ2) is 7.31. The largest absolute Gasteiger partial charge is 0.490 e. The zero-order chi connectivity index (χ0) is 16.9. The van der Waals surface area contributed by atoms with E-state index in [1.54, 1.807) is 30.3 Å². The van der Waals surface area contributed by atoms with Crippen LogP contribution in [0.3, 0.4) is 0 Å². The van der Waals surface area contributed by atoms with Gasteiger partial charge in [-0.3, -0.25) is 4.79 Å². The molecule has 0 atom stereocenters. The highest BCUT2D eigenvalue weighted by Gasteiger charge is 2.13. The number of para-hydroxylation sites is 1. The summed E-state index contributed by atoms with van der Waals surface area (Å²) in [5.74, 6) is -0.158. The summed E-state index contributed by atoms with van der Waals surface area (Å²) in [4.78, 5) is 23.9. The molecule has 2 aromatic carbocycles. The van der Waals surface area contributed by atoms with Crippen molar-refractivity contribution in [2.75, 3.05) is 13.2 Å². The molecule has 0 N–H and O–H groups in total. The summed E-state index contributed by atoms with van der Waals surface area (Å²) < 4.78 is 16.9. The molecule has 1 heterocycles. The normalized spacial score (nSPS) is 10.5. The Balaban J connectivity index is 1.60. The smallest absolute Gasteiger partial charge is 0.374 e. The van der Waals surface area contributed by atoms with Crippen LogP contribution in [0, 0.1) is 0 Å². The van der Waals surface area contributed by atoms with E-state index in [1.807, 2.05) is 18.2 Å². The van der Waals surface area contributed by atoms with Crippen LogP contribution < -0.4 is 10.2 Å². The lowest BCUT2D eigenvalue weighted by atomic mass is 10.2. The Kier molecular flexibility index (Phi) is 4.96. The van der Waals surface area contributed by atoms with Gasteiger partial charge >= 0.3 is 5.97 Å². The van der Waals surface area contributed by atoms with Crippen molar-refractivity contribution in [3.8, 4) is 5.75 Å². The van der Waals surface area contributed by atoms with E-state index in [0.29, 0.717) is 16.7 Å². The highest BCUT2D eigenvalue weighted by molar-refractivity contribution is 9.10. The Morgan fingerprint density at radius 1 is 1.04 bits per heavy atom. The van der Waals surface area contributed by atoms with Crippen LogP contribution in [0.4, 0.5) is 0 Å². The molecule has 0 spiro atoms. The second-order valence-corrected chi connectivity index (χ2v) is 5.83. The standard InChI is InChI=1S/C18H13BrO5/c19-12-4-3-5-13(10-12)22-8-9-23-18(21)17-11-15(20)14-6-1-2-7-16(14)24-17/h1-7,10-11H,8-9H2. The lowest BCUT2D eigenvalue weighted by Crippen LogP contribution is -2.14. The number of ether oxygens (including phenoxy) is 2. The van der Waals surface area contributed by atoms with Gasteiger partial charge in [0.05, 0.1) is 5.39 Å². The summed E-state index contributed by atoms with van der Waals surface area (Å²) in [7, 11) is 0. The molecule has 6 heteroatoms. The van der Waals surface area contributed by atoms with Gasteiger partial charge in [0.2, 0.25) is 5.76 Å². The number of halogens is 1.